The van der Waals surface area contributed by atoms with Gasteiger partial charge in [0.2, 0.25) is 0 Å². The van der Waals surface area contributed by atoms with E-state index in [1.165, 1.54) is 12.8 Å². The fourth-order valence-electron chi connectivity index (χ4n) is 2.16. The number of anilines is 1. The molecular formula is C11H18N4. The third-order valence-corrected chi connectivity index (χ3v) is 3.01. The van der Waals surface area contributed by atoms with E-state index in [9.17, 15) is 0 Å². The van der Waals surface area contributed by atoms with Gasteiger partial charge in [0.1, 0.15) is 5.82 Å². The summed E-state index contributed by atoms with van der Waals surface area (Å²) < 4.78 is 0. The van der Waals surface area contributed by atoms with E-state index in [-0.39, 0.29) is 0 Å². The summed E-state index contributed by atoms with van der Waals surface area (Å²) in [6.07, 6.45) is 5.95. The summed E-state index contributed by atoms with van der Waals surface area (Å²) in [4.78, 5) is 11.0. The lowest BCUT2D eigenvalue weighted by Gasteiger charge is -2.33. The molecule has 2 N–H and O–H groups in total. The van der Waals surface area contributed by atoms with Crippen molar-refractivity contribution in [1.29, 1.82) is 0 Å². The van der Waals surface area contributed by atoms with Gasteiger partial charge < -0.3 is 10.6 Å². The Bertz CT molecular complexity index is 326. The minimum atomic E-state index is 0.611. The number of nitrogens with two attached hydrogens (primary N) is 1. The molecule has 15 heavy (non-hydrogen) atoms. The zero-order valence-electron chi connectivity index (χ0n) is 9.19. The molecule has 2 heterocycles. The van der Waals surface area contributed by atoms with Crippen molar-refractivity contribution in [2.24, 2.45) is 11.7 Å². The van der Waals surface area contributed by atoms with Gasteiger partial charge in [-0.05, 0) is 32.2 Å². The van der Waals surface area contributed by atoms with Crippen molar-refractivity contribution in [1.82, 2.24) is 9.97 Å². The minimum Gasteiger partial charge on any atom is -0.355 e. The second kappa shape index (κ2) is 4.57. The standard InChI is InChI=1S/C11H18N4/c1-9-11(14-5-4-13-9)15-6-2-3-10(7-12)8-15/h4-5,10H,2-3,6-8,12H2,1H3/t10-/m1/s1. The number of rotatable bonds is 2. The Morgan fingerprint density at radius 2 is 2.27 bits per heavy atom. The molecule has 2 rings (SSSR count). The number of hydrogen-bond donors (Lipinski definition) is 1. The number of nitrogens with zero attached hydrogens (tertiary/aromatic N) is 3. The maximum Gasteiger partial charge on any atom is 0.150 e. The quantitative estimate of drug-likeness (QED) is 0.783. The number of aryl methyl sites for hydroxylation is 1. The highest BCUT2D eigenvalue weighted by Crippen LogP contribution is 2.22. The van der Waals surface area contributed by atoms with Crippen LogP contribution in [0, 0.1) is 12.8 Å². The number of piperidine rings is 1. The Morgan fingerprint density at radius 3 is 3.00 bits per heavy atom. The topological polar surface area (TPSA) is 55.0 Å². The highest BCUT2D eigenvalue weighted by molar-refractivity contribution is 5.42. The highest BCUT2D eigenvalue weighted by Gasteiger charge is 2.20. The van der Waals surface area contributed by atoms with Gasteiger partial charge in [-0.1, -0.05) is 0 Å². The van der Waals surface area contributed by atoms with E-state index in [4.69, 9.17) is 5.73 Å². The average Bonchev–Trinajstić information content (AvgIpc) is 2.30. The van der Waals surface area contributed by atoms with E-state index in [0.717, 1.165) is 31.1 Å². The second-order valence-electron chi connectivity index (χ2n) is 4.16. The predicted molar refractivity (Wildman–Crippen MR) is 60.8 cm³/mol. The van der Waals surface area contributed by atoms with Crippen LogP contribution in [-0.2, 0) is 0 Å². The first-order valence-corrected chi connectivity index (χ1v) is 5.54. The lowest BCUT2D eigenvalue weighted by Crippen LogP contribution is -2.39. The molecule has 0 radical (unpaired) electrons. The van der Waals surface area contributed by atoms with Crippen LogP contribution < -0.4 is 10.6 Å². The summed E-state index contributed by atoms with van der Waals surface area (Å²) in [5.41, 5.74) is 6.73. The van der Waals surface area contributed by atoms with E-state index in [0.29, 0.717) is 5.92 Å². The Balaban J connectivity index is 2.13. The molecule has 1 saturated heterocycles. The molecule has 4 nitrogen and oxygen atoms in total. The van der Waals surface area contributed by atoms with Crippen molar-refractivity contribution in [2.75, 3.05) is 24.5 Å². The van der Waals surface area contributed by atoms with Crippen molar-refractivity contribution in [2.45, 2.75) is 19.8 Å². The molecule has 1 aromatic rings. The fourth-order valence-corrected chi connectivity index (χ4v) is 2.16. The molecule has 0 amide bonds. The zero-order valence-corrected chi connectivity index (χ0v) is 9.19. The molecular weight excluding hydrogens is 188 g/mol. The third kappa shape index (κ3) is 2.26. The van der Waals surface area contributed by atoms with Gasteiger partial charge in [0.25, 0.3) is 0 Å². The van der Waals surface area contributed by atoms with E-state index in [1.54, 1.807) is 12.4 Å². The van der Waals surface area contributed by atoms with Gasteiger partial charge in [-0.25, -0.2) is 4.98 Å². The van der Waals surface area contributed by atoms with Gasteiger partial charge in [0.15, 0.2) is 0 Å². The molecule has 1 aliphatic heterocycles. The van der Waals surface area contributed by atoms with Crippen LogP contribution in [0.15, 0.2) is 12.4 Å². The Hall–Kier alpha value is -1.16. The average molecular weight is 206 g/mol. The molecule has 4 heteroatoms. The van der Waals surface area contributed by atoms with Crippen LogP contribution in [0.3, 0.4) is 0 Å². The Morgan fingerprint density at radius 1 is 1.47 bits per heavy atom. The fraction of sp³-hybridized carbons (Fsp3) is 0.636. The van der Waals surface area contributed by atoms with Gasteiger partial charge >= 0.3 is 0 Å². The molecule has 0 aromatic carbocycles. The molecule has 1 fully saturated rings. The summed E-state index contributed by atoms with van der Waals surface area (Å²) in [7, 11) is 0. The predicted octanol–water partition coefficient (Wildman–Crippen LogP) is 0.960. The zero-order chi connectivity index (χ0) is 10.7. The summed E-state index contributed by atoms with van der Waals surface area (Å²) in [5.74, 6) is 1.64. The maximum atomic E-state index is 5.72. The largest absolute Gasteiger partial charge is 0.355 e. The number of hydrogen-bond acceptors (Lipinski definition) is 4. The first-order chi connectivity index (χ1) is 7.31. The van der Waals surface area contributed by atoms with Gasteiger partial charge in [0, 0.05) is 25.5 Å². The van der Waals surface area contributed by atoms with Crippen molar-refractivity contribution < 1.29 is 0 Å². The Labute approximate surface area is 90.5 Å². The number of aromatic nitrogens is 2. The molecule has 1 aromatic heterocycles. The first-order valence-electron chi connectivity index (χ1n) is 5.54. The van der Waals surface area contributed by atoms with Crippen molar-refractivity contribution in [3.8, 4) is 0 Å². The van der Waals surface area contributed by atoms with Gasteiger partial charge in [-0.3, -0.25) is 4.98 Å². The smallest absolute Gasteiger partial charge is 0.150 e. The van der Waals surface area contributed by atoms with Crippen molar-refractivity contribution in [3.63, 3.8) is 0 Å². The summed E-state index contributed by atoms with van der Waals surface area (Å²) in [6.45, 7) is 4.89. The van der Waals surface area contributed by atoms with Gasteiger partial charge in [0.05, 0.1) is 5.69 Å². The normalized spacial score (nSPS) is 21.7. The monoisotopic (exact) mass is 206 g/mol. The molecule has 1 aliphatic rings. The lowest BCUT2D eigenvalue weighted by molar-refractivity contribution is 0.421. The van der Waals surface area contributed by atoms with E-state index < -0.39 is 0 Å². The summed E-state index contributed by atoms with van der Waals surface area (Å²) >= 11 is 0. The van der Waals surface area contributed by atoms with Crippen molar-refractivity contribution in [3.05, 3.63) is 18.1 Å². The van der Waals surface area contributed by atoms with Crippen LogP contribution in [0.4, 0.5) is 5.82 Å². The molecule has 82 valence electrons. The maximum absolute atomic E-state index is 5.72. The highest BCUT2D eigenvalue weighted by atomic mass is 15.2. The summed E-state index contributed by atoms with van der Waals surface area (Å²) in [5, 5.41) is 0. The first kappa shape index (κ1) is 10.4. The molecule has 1 atom stereocenters. The molecule has 0 bridgehead atoms. The van der Waals surface area contributed by atoms with Gasteiger partial charge in [-0.15, -0.1) is 0 Å². The van der Waals surface area contributed by atoms with E-state index in [1.807, 2.05) is 6.92 Å². The molecule has 0 spiro atoms. The van der Waals surface area contributed by atoms with Crippen LogP contribution in [0.2, 0.25) is 0 Å². The van der Waals surface area contributed by atoms with Crippen LogP contribution >= 0.6 is 0 Å². The van der Waals surface area contributed by atoms with Crippen LogP contribution in [0.1, 0.15) is 18.5 Å². The molecule has 0 unspecified atom stereocenters. The van der Waals surface area contributed by atoms with Crippen molar-refractivity contribution >= 4 is 5.82 Å². The summed E-state index contributed by atoms with van der Waals surface area (Å²) in [6, 6.07) is 0. The van der Waals surface area contributed by atoms with Gasteiger partial charge in [-0.2, -0.15) is 0 Å². The van der Waals surface area contributed by atoms with E-state index >= 15 is 0 Å². The van der Waals surface area contributed by atoms with Crippen LogP contribution in [0.5, 0.6) is 0 Å². The SMILES string of the molecule is Cc1nccnc1N1CCC[C@H](CN)C1. The molecule has 0 saturated carbocycles. The minimum absolute atomic E-state index is 0.611. The van der Waals surface area contributed by atoms with Crippen LogP contribution in [0.25, 0.3) is 0 Å². The van der Waals surface area contributed by atoms with Crippen LogP contribution in [-0.4, -0.2) is 29.6 Å². The van der Waals surface area contributed by atoms with E-state index in [2.05, 4.69) is 14.9 Å². The lowest BCUT2D eigenvalue weighted by atomic mass is 9.98. The molecule has 0 aliphatic carbocycles. The second-order valence-corrected chi connectivity index (χ2v) is 4.16. The Kier molecular flexibility index (Phi) is 3.16. The third-order valence-electron chi connectivity index (χ3n) is 3.01.